The molecule has 94 valence electrons. The van der Waals surface area contributed by atoms with Crippen molar-refractivity contribution in [2.24, 2.45) is 5.92 Å². The molecule has 1 amide bonds. The zero-order chi connectivity index (χ0) is 13.0. The van der Waals surface area contributed by atoms with Crippen molar-refractivity contribution in [1.82, 2.24) is 9.88 Å². The third-order valence-electron chi connectivity index (χ3n) is 2.67. The molecular weight excluding hydrogens is 243 g/mol. The molecule has 1 unspecified atom stereocenters. The van der Waals surface area contributed by atoms with Crippen LogP contribution in [0.15, 0.2) is 12.3 Å². The summed E-state index contributed by atoms with van der Waals surface area (Å²) in [4.78, 5) is 17.2. The third kappa shape index (κ3) is 3.66. The van der Waals surface area contributed by atoms with Gasteiger partial charge in [-0.1, -0.05) is 31.9 Å². The molecule has 0 aliphatic carbocycles. The van der Waals surface area contributed by atoms with Crippen LogP contribution in [0.25, 0.3) is 0 Å². The fourth-order valence-electron chi connectivity index (χ4n) is 1.46. The van der Waals surface area contributed by atoms with Crippen LogP contribution >= 0.6 is 11.6 Å². The van der Waals surface area contributed by atoms with Gasteiger partial charge in [0.05, 0.1) is 11.8 Å². The smallest absolute Gasteiger partial charge is 0.256 e. The summed E-state index contributed by atoms with van der Waals surface area (Å²) in [5.74, 6) is -0.471. The third-order valence-corrected chi connectivity index (χ3v) is 2.97. The van der Waals surface area contributed by atoms with E-state index < -0.39 is 5.82 Å². The van der Waals surface area contributed by atoms with Crippen molar-refractivity contribution in [2.45, 2.75) is 20.3 Å². The molecule has 0 saturated carbocycles. The molecule has 0 bridgehead atoms. The number of halogens is 2. The van der Waals surface area contributed by atoms with Gasteiger partial charge >= 0.3 is 0 Å². The topological polar surface area (TPSA) is 33.2 Å². The largest absolute Gasteiger partial charge is 0.341 e. The maximum Gasteiger partial charge on any atom is 0.256 e. The number of rotatable bonds is 4. The lowest BCUT2D eigenvalue weighted by molar-refractivity contribution is 0.0774. The standard InChI is InChI=1S/C12H16ClFN2O/c1-4-8(2)7-16(3)12(17)10-5-9(14)6-15-11(10)13/h5-6,8H,4,7H2,1-3H3. The lowest BCUT2D eigenvalue weighted by Crippen LogP contribution is -2.31. The summed E-state index contributed by atoms with van der Waals surface area (Å²) in [5, 5.41) is 0.0346. The van der Waals surface area contributed by atoms with E-state index in [1.165, 1.54) is 4.90 Å². The molecule has 0 aliphatic rings. The first-order chi connectivity index (χ1) is 7.95. The second kappa shape index (κ2) is 5.96. The quantitative estimate of drug-likeness (QED) is 0.778. The Morgan fingerprint density at radius 1 is 1.65 bits per heavy atom. The number of hydrogen-bond donors (Lipinski definition) is 0. The minimum absolute atomic E-state index is 0.0346. The molecule has 0 fully saturated rings. The van der Waals surface area contributed by atoms with Gasteiger partial charge in [0.15, 0.2) is 0 Å². The van der Waals surface area contributed by atoms with E-state index in [2.05, 4.69) is 18.8 Å². The summed E-state index contributed by atoms with van der Waals surface area (Å²) in [7, 11) is 1.68. The van der Waals surface area contributed by atoms with Crippen molar-refractivity contribution in [3.8, 4) is 0 Å². The molecule has 1 rings (SSSR count). The predicted octanol–water partition coefficient (Wildman–Crippen LogP) is 2.99. The van der Waals surface area contributed by atoms with Crippen LogP contribution in [0.5, 0.6) is 0 Å². The van der Waals surface area contributed by atoms with Gasteiger partial charge in [0.2, 0.25) is 0 Å². The van der Waals surface area contributed by atoms with Crippen LogP contribution in [0.4, 0.5) is 4.39 Å². The molecule has 3 nitrogen and oxygen atoms in total. The lowest BCUT2D eigenvalue weighted by Gasteiger charge is -2.21. The first-order valence-corrected chi connectivity index (χ1v) is 5.90. The highest BCUT2D eigenvalue weighted by molar-refractivity contribution is 6.32. The monoisotopic (exact) mass is 258 g/mol. The van der Waals surface area contributed by atoms with Crippen molar-refractivity contribution in [3.05, 3.63) is 28.8 Å². The van der Waals surface area contributed by atoms with Gasteiger partial charge in [-0.05, 0) is 12.0 Å². The van der Waals surface area contributed by atoms with Crippen molar-refractivity contribution >= 4 is 17.5 Å². The first-order valence-electron chi connectivity index (χ1n) is 5.52. The Bertz CT molecular complexity index is 411. The van der Waals surface area contributed by atoms with Crippen molar-refractivity contribution in [1.29, 1.82) is 0 Å². The highest BCUT2D eigenvalue weighted by Gasteiger charge is 2.18. The van der Waals surface area contributed by atoms with Crippen molar-refractivity contribution in [3.63, 3.8) is 0 Å². The van der Waals surface area contributed by atoms with E-state index in [1.807, 2.05) is 0 Å². The molecule has 0 saturated heterocycles. The first kappa shape index (κ1) is 13.9. The van der Waals surface area contributed by atoms with Crippen LogP contribution in [0.2, 0.25) is 5.15 Å². The van der Waals surface area contributed by atoms with Gasteiger partial charge < -0.3 is 4.90 Å². The van der Waals surface area contributed by atoms with Crippen LogP contribution < -0.4 is 0 Å². The van der Waals surface area contributed by atoms with Gasteiger partial charge in [-0.25, -0.2) is 9.37 Å². The Hall–Kier alpha value is -1.16. The summed E-state index contributed by atoms with van der Waals surface area (Å²) in [6.07, 6.45) is 1.97. The Morgan fingerprint density at radius 2 is 2.29 bits per heavy atom. The number of pyridine rings is 1. The minimum atomic E-state index is -0.560. The fourth-order valence-corrected chi connectivity index (χ4v) is 1.64. The summed E-state index contributed by atoms with van der Waals surface area (Å²) >= 11 is 5.78. The van der Waals surface area contributed by atoms with Crippen LogP contribution in [0.1, 0.15) is 30.6 Å². The number of carbonyl (C=O) groups is 1. The van der Waals surface area contributed by atoms with Crippen LogP contribution in [-0.2, 0) is 0 Å². The molecule has 0 aromatic carbocycles. The summed E-state index contributed by atoms with van der Waals surface area (Å²) in [5.41, 5.74) is 0.109. The van der Waals surface area contributed by atoms with E-state index in [-0.39, 0.29) is 16.6 Å². The molecule has 1 aromatic heterocycles. The molecule has 0 spiro atoms. The van der Waals surface area contributed by atoms with Gasteiger partial charge in [-0.3, -0.25) is 4.79 Å². The highest BCUT2D eigenvalue weighted by Crippen LogP contribution is 2.16. The van der Waals surface area contributed by atoms with Crippen LogP contribution in [-0.4, -0.2) is 29.4 Å². The van der Waals surface area contributed by atoms with Gasteiger partial charge in [0.1, 0.15) is 11.0 Å². The maximum absolute atomic E-state index is 13.0. The van der Waals surface area contributed by atoms with E-state index in [0.29, 0.717) is 12.5 Å². The van der Waals surface area contributed by atoms with Gasteiger partial charge in [-0.2, -0.15) is 0 Å². The molecule has 5 heteroatoms. The lowest BCUT2D eigenvalue weighted by atomic mass is 10.1. The Balaban J connectivity index is 2.85. The molecule has 0 aliphatic heterocycles. The summed E-state index contributed by atoms with van der Waals surface area (Å²) < 4.78 is 13.0. The molecule has 1 aromatic rings. The predicted molar refractivity (Wildman–Crippen MR) is 65.6 cm³/mol. The summed E-state index contributed by atoms with van der Waals surface area (Å²) in [6, 6.07) is 1.12. The summed E-state index contributed by atoms with van der Waals surface area (Å²) in [6.45, 7) is 4.72. The SMILES string of the molecule is CCC(C)CN(C)C(=O)c1cc(F)cnc1Cl. The molecule has 17 heavy (non-hydrogen) atoms. The van der Waals surface area contributed by atoms with E-state index in [1.54, 1.807) is 7.05 Å². The van der Waals surface area contributed by atoms with Gasteiger partial charge in [0, 0.05) is 13.6 Å². The average molecular weight is 259 g/mol. The zero-order valence-corrected chi connectivity index (χ0v) is 11.0. The second-order valence-corrected chi connectivity index (χ2v) is 4.55. The molecule has 1 atom stereocenters. The molecular formula is C12H16ClFN2O. The van der Waals surface area contributed by atoms with E-state index in [9.17, 15) is 9.18 Å². The van der Waals surface area contributed by atoms with E-state index in [4.69, 9.17) is 11.6 Å². The Kier molecular flexibility index (Phi) is 4.87. The number of aromatic nitrogens is 1. The number of amides is 1. The molecule has 0 radical (unpaired) electrons. The Morgan fingerprint density at radius 3 is 2.88 bits per heavy atom. The maximum atomic E-state index is 13.0. The molecule has 1 heterocycles. The normalized spacial score (nSPS) is 12.3. The van der Waals surface area contributed by atoms with Crippen LogP contribution in [0.3, 0.4) is 0 Å². The highest BCUT2D eigenvalue weighted by atomic mass is 35.5. The van der Waals surface area contributed by atoms with Gasteiger partial charge in [0.25, 0.3) is 5.91 Å². The van der Waals surface area contributed by atoms with E-state index in [0.717, 1.165) is 18.7 Å². The number of nitrogens with zero attached hydrogens (tertiary/aromatic N) is 2. The second-order valence-electron chi connectivity index (χ2n) is 4.19. The number of hydrogen-bond acceptors (Lipinski definition) is 2. The van der Waals surface area contributed by atoms with Crippen LogP contribution in [0, 0.1) is 11.7 Å². The van der Waals surface area contributed by atoms with Crippen molar-refractivity contribution in [2.75, 3.05) is 13.6 Å². The average Bonchev–Trinajstić information content (AvgIpc) is 2.31. The number of carbonyl (C=O) groups excluding carboxylic acids is 1. The zero-order valence-electron chi connectivity index (χ0n) is 10.2. The van der Waals surface area contributed by atoms with Gasteiger partial charge in [-0.15, -0.1) is 0 Å². The Labute approximate surface area is 106 Å². The molecule has 0 N–H and O–H groups in total. The van der Waals surface area contributed by atoms with E-state index >= 15 is 0 Å². The van der Waals surface area contributed by atoms with Crippen molar-refractivity contribution < 1.29 is 9.18 Å². The fraction of sp³-hybridized carbons (Fsp3) is 0.500. The minimum Gasteiger partial charge on any atom is -0.341 e.